The van der Waals surface area contributed by atoms with Crippen molar-refractivity contribution in [1.82, 2.24) is 14.8 Å². The molecule has 5 heteroatoms. The zero-order chi connectivity index (χ0) is 15.0. The molecular weight excluding hydrogens is 252 g/mol. The second-order valence-electron chi connectivity index (χ2n) is 4.74. The van der Waals surface area contributed by atoms with Crippen LogP contribution in [0.1, 0.15) is 37.6 Å². The summed E-state index contributed by atoms with van der Waals surface area (Å²) in [6, 6.07) is 3.40. The highest BCUT2D eigenvalue weighted by Gasteiger charge is 2.14. The van der Waals surface area contributed by atoms with E-state index >= 15 is 0 Å². The minimum absolute atomic E-state index is 0.0274. The Kier molecular flexibility index (Phi) is 7.01. The Balaban J connectivity index is 2.53. The molecule has 0 aliphatic heterocycles. The van der Waals surface area contributed by atoms with E-state index < -0.39 is 0 Å². The van der Waals surface area contributed by atoms with Crippen LogP contribution in [0.4, 0.5) is 5.82 Å². The van der Waals surface area contributed by atoms with Crippen molar-refractivity contribution in [2.24, 2.45) is 0 Å². The van der Waals surface area contributed by atoms with Crippen LogP contribution in [0.3, 0.4) is 0 Å². The zero-order valence-corrected chi connectivity index (χ0v) is 12.8. The minimum atomic E-state index is 0.0274. The van der Waals surface area contributed by atoms with Gasteiger partial charge in [-0.2, -0.15) is 0 Å². The summed E-state index contributed by atoms with van der Waals surface area (Å²) in [7, 11) is 0. The van der Waals surface area contributed by atoms with Crippen molar-refractivity contribution >= 4 is 11.7 Å². The first-order chi connectivity index (χ1) is 9.62. The lowest BCUT2D eigenvalue weighted by Crippen LogP contribution is -2.34. The largest absolute Gasteiger partial charge is 0.384 e. The highest BCUT2D eigenvalue weighted by atomic mass is 16.2. The molecule has 0 bridgehead atoms. The Morgan fingerprint density at radius 1 is 1.15 bits per heavy atom. The molecule has 1 aromatic rings. The molecule has 0 saturated carbocycles. The summed E-state index contributed by atoms with van der Waals surface area (Å²) in [5, 5.41) is 0. The average molecular weight is 278 g/mol. The van der Waals surface area contributed by atoms with Gasteiger partial charge in [-0.15, -0.1) is 0 Å². The molecule has 0 fully saturated rings. The lowest BCUT2D eigenvalue weighted by molar-refractivity contribution is 0.0757. The van der Waals surface area contributed by atoms with Crippen molar-refractivity contribution in [3.8, 4) is 0 Å². The van der Waals surface area contributed by atoms with Crippen LogP contribution in [-0.2, 0) is 0 Å². The molecule has 0 aliphatic carbocycles. The van der Waals surface area contributed by atoms with E-state index in [4.69, 9.17) is 5.73 Å². The van der Waals surface area contributed by atoms with Gasteiger partial charge in [0.2, 0.25) is 0 Å². The van der Waals surface area contributed by atoms with Crippen molar-refractivity contribution in [3.63, 3.8) is 0 Å². The molecule has 2 N–H and O–H groups in total. The third-order valence-electron chi connectivity index (χ3n) is 3.50. The van der Waals surface area contributed by atoms with Crippen molar-refractivity contribution < 1.29 is 4.79 Å². The lowest BCUT2D eigenvalue weighted by atomic mass is 10.2. The summed E-state index contributed by atoms with van der Waals surface area (Å²) in [6.07, 6.45) is 2.54. The van der Waals surface area contributed by atoms with Crippen LogP contribution in [0.15, 0.2) is 18.3 Å². The summed E-state index contributed by atoms with van der Waals surface area (Å²) in [5.41, 5.74) is 6.14. The molecule has 1 heterocycles. The number of nitrogens with zero attached hydrogens (tertiary/aromatic N) is 3. The SMILES string of the molecule is CCN(CC)CCCN(CC)C(=O)c1ccc(N)nc1. The standard InChI is InChI=1S/C15H26N4O/c1-4-18(5-2)10-7-11-19(6-3)15(20)13-8-9-14(16)17-12-13/h8-9,12H,4-7,10-11H2,1-3H3,(H2,16,17). The number of hydrogen-bond donors (Lipinski definition) is 1. The number of nitrogens with two attached hydrogens (primary N) is 1. The lowest BCUT2D eigenvalue weighted by Gasteiger charge is -2.23. The number of anilines is 1. The van der Waals surface area contributed by atoms with Crippen molar-refractivity contribution in [2.45, 2.75) is 27.2 Å². The molecule has 0 aromatic carbocycles. The highest BCUT2D eigenvalue weighted by Crippen LogP contribution is 2.07. The maximum absolute atomic E-state index is 12.3. The Labute approximate surface area is 121 Å². The highest BCUT2D eigenvalue weighted by molar-refractivity contribution is 5.94. The topological polar surface area (TPSA) is 62.5 Å². The van der Waals surface area contributed by atoms with E-state index in [-0.39, 0.29) is 5.91 Å². The third-order valence-corrected chi connectivity index (χ3v) is 3.50. The van der Waals surface area contributed by atoms with Crippen LogP contribution in [0.2, 0.25) is 0 Å². The Bertz CT molecular complexity index is 401. The fourth-order valence-corrected chi connectivity index (χ4v) is 2.14. The van der Waals surface area contributed by atoms with Crippen LogP contribution in [-0.4, -0.2) is 53.4 Å². The van der Waals surface area contributed by atoms with Crippen LogP contribution < -0.4 is 5.73 Å². The summed E-state index contributed by atoms with van der Waals surface area (Å²) >= 11 is 0. The van der Waals surface area contributed by atoms with Gasteiger partial charge in [-0.25, -0.2) is 4.98 Å². The quantitative estimate of drug-likeness (QED) is 0.788. The van der Waals surface area contributed by atoms with Gasteiger partial charge in [-0.1, -0.05) is 13.8 Å². The maximum Gasteiger partial charge on any atom is 0.255 e. The number of carbonyl (C=O) groups is 1. The van der Waals surface area contributed by atoms with E-state index in [1.807, 2.05) is 11.8 Å². The average Bonchev–Trinajstić information content (AvgIpc) is 2.48. The molecular formula is C15H26N4O. The van der Waals surface area contributed by atoms with Crippen molar-refractivity contribution in [2.75, 3.05) is 38.5 Å². The van der Waals surface area contributed by atoms with Gasteiger partial charge in [-0.05, 0) is 45.1 Å². The van der Waals surface area contributed by atoms with E-state index in [1.54, 1.807) is 18.3 Å². The van der Waals surface area contributed by atoms with E-state index in [2.05, 4.69) is 23.7 Å². The van der Waals surface area contributed by atoms with Crippen molar-refractivity contribution in [3.05, 3.63) is 23.9 Å². The fourth-order valence-electron chi connectivity index (χ4n) is 2.14. The van der Waals surface area contributed by atoms with Gasteiger partial charge in [-0.3, -0.25) is 4.79 Å². The number of nitrogen functional groups attached to an aromatic ring is 1. The Morgan fingerprint density at radius 3 is 2.35 bits per heavy atom. The molecule has 0 spiro atoms. The Morgan fingerprint density at radius 2 is 1.85 bits per heavy atom. The molecule has 0 aliphatic rings. The number of amides is 1. The predicted molar refractivity (Wildman–Crippen MR) is 82.6 cm³/mol. The molecule has 0 saturated heterocycles. The monoisotopic (exact) mass is 278 g/mol. The van der Waals surface area contributed by atoms with Gasteiger partial charge in [0, 0.05) is 19.3 Å². The van der Waals surface area contributed by atoms with Crippen LogP contribution in [0, 0.1) is 0 Å². The molecule has 5 nitrogen and oxygen atoms in total. The molecule has 0 unspecified atom stereocenters. The first-order valence-corrected chi connectivity index (χ1v) is 7.35. The smallest absolute Gasteiger partial charge is 0.255 e. The summed E-state index contributed by atoms with van der Waals surface area (Å²) in [6.45, 7) is 10.9. The van der Waals surface area contributed by atoms with E-state index in [1.165, 1.54) is 0 Å². The maximum atomic E-state index is 12.3. The van der Waals surface area contributed by atoms with Crippen LogP contribution in [0.5, 0.6) is 0 Å². The minimum Gasteiger partial charge on any atom is -0.384 e. The normalized spacial score (nSPS) is 10.8. The number of hydrogen-bond acceptors (Lipinski definition) is 4. The number of pyridine rings is 1. The van der Waals surface area contributed by atoms with Crippen molar-refractivity contribution in [1.29, 1.82) is 0 Å². The van der Waals surface area contributed by atoms with Gasteiger partial charge < -0.3 is 15.5 Å². The molecule has 0 atom stereocenters. The van der Waals surface area contributed by atoms with Gasteiger partial charge in [0.05, 0.1) is 5.56 Å². The number of aromatic nitrogens is 1. The van der Waals surface area contributed by atoms with E-state index in [9.17, 15) is 4.79 Å². The third kappa shape index (κ3) is 4.81. The predicted octanol–water partition coefficient (Wildman–Crippen LogP) is 1.86. The second kappa shape index (κ2) is 8.53. The first-order valence-electron chi connectivity index (χ1n) is 7.35. The van der Waals surface area contributed by atoms with E-state index in [0.29, 0.717) is 17.9 Å². The first kappa shape index (κ1) is 16.4. The number of rotatable bonds is 8. The van der Waals surface area contributed by atoms with Gasteiger partial charge in [0.15, 0.2) is 0 Å². The van der Waals surface area contributed by atoms with Gasteiger partial charge in [0.25, 0.3) is 5.91 Å². The summed E-state index contributed by atoms with van der Waals surface area (Å²) in [5.74, 6) is 0.464. The summed E-state index contributed by atoms with van der Waals surface area (Å²) in [4.78, 5) is 20.5. The molecule has 20 heavy (non-hydrogen) atoms. The summed E-state index contributed by atoms with van der Waals surface area (Å²) < 4.78 is 0. The fraction of sp³-hybridized carbons (Fsp3) is 0.600. The molecule has 1 rings (SSSR count). The van der Waals surface area contributed by atoms with Crippen LogP contribution in [0.25, 0.3) is 0 Å². The molecule has 0 radical (unpaired) electrons. The van der Waals surface area contributed by atoms with Gasteiger partial charge in [0.1, 0.15) is 5.82 Å². The molecule has 1 amide bonds. The molecule has 1 aromatic heterocycles. The second-order valence-corrected chi connectivity index (χ2v) is 4.74. The van der Waals surface area contributed by atoms with Gasteiger partial charge >= 0.3 is 0 Å². The number of carbonyl (C=O) groups excluding carboxylic acids is 1. The van der Waals surface area contributed by atoms with Crippen LogP contribution >= 0.6 is 0 Å². The Hall–Kier alpha value is -1.62. The molecule has 112 valence electrons. The zero-order valence-electron chi connectivity index (χ0n) is 12.8. The van der Waals surface area contributed by atoms with E-state index in [0.717, 1.165) is 32.6 Å².